The van der Waals surface area contributed by atoms with Crippen molar-refractivity contribution in [1.82, 2.24) is 0 Å². The van der Waals surface area contributed by atoms with Crippen LogP contribution in [0.2, 0.25) is 5.02 Å². The highest BCUT2D eigenvalue weighted by atomic mass is 35.5. The third-order valence-electron chi connectivity index (χ3n) is 2.59. The number of aryl methyl sites for hydroxylation is 1. The highest BCUT2D eigenvalue weighted by Gasteiger charge is 2.16. The first-order valence-electron chi connectivity index (χ1n) is 5.44. The number of hydrogen-bond acceptors (Lipinski definition) is 3. The quantitative estimate of drug-likeness (QED) is 0.913. The summed E-state index contributed by atoms with van der Waals surface area (Å²) in [5, 5.41) is 4.77. The number of halogens is 1. The van der Waals surface area contributed by atoms with Gasteiger partial charge in [0.05, 0.1) is 16.3 Å². The Balaban J connectivity index is 2.35. The van der Waals surface area contributed by atoms with E-state index in [1.807, 2.05) is 0 Å². The van der Waals surface area contributed by atoms with E-state index in [0.717, 1.165) is 0 Å². The Bertz CT molecular complexity index is 652. The van der Waals surface area contributed by atoms with Crippen LogP contribution in [-0.4, -0.2) is 11.8 Å². The van der Waals surface area contributed by atoms with Gasteiger partial charge in [0.1, 0.15) is 4.88 Å². The molecule has 0 unspecified atom stereocenters. The van der Waals surface area contributed by atoms with Crippen molar-refractivity contribution in [3.63, 3.8) is 0 Å². The number of benzene rings is 1. The molecule has 0 fully saturated rings. The van der Waals surface area contributed by atoms with Crippen molar-refractivity contribution < 1.29 is 9.59 Å². The van der Waals surface area contributed by atoms with E-state index in [4.69, 9.17) is 17.3 Å². The molecule has 19 heavy (non-hydrogen) atoms. The molecule has 0 saturated heterocycles. The number of anilines is 1. The van der Waals surface area contributed by atoms with E-state index in [-0.39, 0.29) is 5.91 Å². The van der Waals surface area contributed by atoms with Gasteiger partial charge in [0.15, 0.2) is 0 Å². The number of thiophene rings is 1. The molecule has 0 atom stereocenters. The van der Waals surface area contributed by atoms with Crippen molar-refractivity contribution in [2.45, 2.75) is 6.92 Å². The second-order valence-corrected chi connectivity index (χ2v) is 5.24. The second kappa shape index (κ2) is 5.42. The van der Waals surface area contributed by atoms with Gasteiger partial charge in [0.2, 0.25) is 0 Å². The first kappa shape index (κ1) is 13.6. The molecule has 2 rings (SSSR count). The summed E-state index contributed by atoms with van der Waals surface area (Å²) in [6, 6.07) is 6.78. The fourth-order valence-electron chi connectivity index (χ4n) is 1.73. The van der Waals surface area contributed by atoms with Crippen LogP contribution in [-0.2, 0) is 0 Å². The van der Waals surface area contributed by atoms with Gasteiger partial charge in [-0.05, 0) is 30.0 Å². The zero-order valence-corrected chi connectivity index (χ0v) is 11.6. The Morgan fingerprint density at radius 2 is 2.05 bits per heavy atom. The molecule has 6 heteroatoms. The minimum atomic E-state index is -0.578. The van der Waals surface area contributed by atoms with E-state index in [1.54, 1.807) is 36.6 Å². The maximum Gasteiger partial charge on any atom is 0.267 e. The second-order valence-electron chi connectivity index (χ2n) is 3.91. The number of hydrogen-bond donors (Lipinski definition) is 2. The number of primary amides is 1. The molecule has 2 amide bonds. The SMILES string of the molecule is Cc1cccc(NC(=O)c2sccc2Cl)c1C(N)=O. The zero-order chi connectivity index (χ0) is 14.0. The van der Waals surface area contributed by atoms with Gasteiger partial charge in [-0.2, -0.15) is 0 Å². The van der Waals surface area contributed by atoms with Gasteiger partial charge >= 0.3 is 0 Å². The molecule has 1 aromatic heterocycles. The summed E-state index contributed by atoms with van der Waals surface area (Å²) in [6.45, 7) is 1.76. The Kier molecular flexibility index (Phi) is 3.87. The average Bonchev–Trinajstić information content (AvgIpc) is 2.75. The molecule has 4 nitrogen and oxygen atoms in total. The zero-order valence-electron chi connectivity index (χ0n) is 10.1. The van der Waals surface area contributed by atoms with E-state index in [0.29, 0.717) is 26.7 Å². The maximum atomic E-state index is 12.0. The van der Waals surface area contributed by atoms with Crippen LogP contribution in [0, 0.1) is 6.92 Å². The molecule has 1 heterocycles. The van der Waals surface area contributed by atoms with E-state index >= 15 is 0 Å². The molecule has 0 aliphatic carbocycles. The topological polar surface area (TPSA) is 72.2 Å². The third-order valence-corrected chi connectivity index (χ3v) is 3.93. The van der Waals surface area contributed by atoms with Crippen LogP contribution in [0.15, 0.2) is 29.6 Å². The van der Waals surface area contributed by atoms with Crippen molar-refractivity contribution in [3.05, 3.63) is 50.7 Å². The lowest BCUT2D eigenvalue weighted by Crippen LogP contribution is -2.19. The van der Waals surface area contributed by atoms with Crippen LogP contribution >= 0.6 is 22.9 Å². The van der Waals surface area contributed by atoms with E-state index < -0.39 is 5.91 Å². The fourth-order valence-corrected chi connectivity index (χ4v) is 2.77. The first-order chi connectivity index (χ1) is 9.00. The molecule has 1 aromatic carbocycles. The number of rotatable bonds is 3. The lowest BCUT2D eigenvalue weighted by molar-refractivity contribution is 0.100. The molecule has 2 aromatic rings. The molecule has 0 saturated carbocycles. The van der Waals surface area contributed by atoms with Gasteiger partial charge in [-0.3, -0.25) is 9.59 Å². The monoisotopic (exact) mass is 294 g/mol. The first-order valence-corrected chi connectivity index (χ1v) is 6.70. The molecule has 0 bridgehead atoms. The number of nitrogens with two attached hydrogens (primary N) is 1. The van der Waals surface area contributed by atoms with Crippen LogP contribution in [0.25, 0.3) is 0 Å². The van der Waals surface area contributed by atoms with Gasteiger partial charge in [-0.15, -0.1) is 11.3 Å². The molecule has 0 spiro atoms. The number of carbonyl (C=O) groups excluding carboxylic acids is 2. The van der Waals surface area contributed by atoms with E-state index in [2.05, 4.69) is 5.32 Å². The largest absolute Gasteiger partial charge is 0.366 e. The highest BCUT2D eigenvalue weighted by molar-refractivity contribution is 7.12. The summed E-state index contributed by atoms with van der Waals surface area (Å²) in [4.78, 5) is 23.9. The van der Waals surface area contributed by atoms with Gasteiger partial charge < -0.3 is 11.1 Å². The molecule has 98 valence electrons. The van der Waals surface area contributed by atoms with E-state index in [1.165, 1.54) is 11.3 Å². The van der Waals surface area contributed by atoms with Crippen molar-refractivity contribution in [3.8, 4) is 0 Å². The standard InChI is InChI=1S/C13H11ClN2O2S/c1-7-3-2-4-9(10(7)12(15)17)16-13(18)11-8(14)5-6-19-11/h2-6H,1H3,(H2,15,17)(H,16,18). The lowest BCUT2D eigenvalue weighted by Gasteiger charge is -2.10. The predicted octanol–water partition coefficient (Wildman–Crippen LogP) is 3.06. The van der Waals surface area contributed by atoms with E-state index in [9.17, 15) is 9.59 Å². The van der Waals surface area contributed by atoms with Gasteiger partial charge in [0, 0.05) is 0 Å². The molecule has 0 aliphatic heterocycles. The van der Waals surface area contributed by atoms with Crippen LogP contribution in [0.5, 0.6) is 0 Å². The predicted molar refractivity (Wildman–Crippen MR) is 77.0 cm³/mol. The number of amides is 2. The Hall–Kier alpha value is -1.85. The smallest absolute Gasteiger partial charge is 0.267 e. The van der Waals surface area contributed by atoms with Crippen LogP contribution in [0.3, 0.4) is 0 Å². The van der Waals surface area contributed by atoms with Crippen LogP contribution in [0.1, 0.15) is 25.6 Å². The van der Waals surface area contributed by atoms with Gasteiger partial charge in [-0.1, -0.05) is 23.7 Å². The summed E-state index contributed by atoms with van der Waals surface area (Å²) in [5.74, 6) is -0.932. The molecule has 0 aliphatic rings. The normalized spacial score (nSPS) is 10.2. The maximum absolute atomic E-state index is 12.0. The van der Waals surface area contributed by atoms with Crippen molar-refractivity contribution >= 4 is 40.4 Å². The Morgan fingerprint density at radius 3 is 2.63 bits per heavy atom. The summed E-state index contributed by atoms with van der Waals surface area (Å²) in [6.07, 6.45) is 0. The minimum absolute atomic E-state index is 0.309. The molecule has 3 N–H and O–H groups in total. The highest BCUT2D eigenvalue weighted by Crippen LogP contribution is 2.25. The third kappa shape index (κ3) is 2.77. The summed E-state index contributed by atoms with van der Waals surface area (Å²) < 4.78 is 0. The van der Waals surface area contributed by atoms with Crippen molar-refractivity contribution in [2.24, 2.45) is 5.73 Å². The van der Waals surface area contributed by atoms with Crippen LogP contribution < -0.4 is 11.1 Å². The van der Waals surface area contributed by atoms with Gasteiger partial charge in [0.25, 0.3) is 11.8 Å². The summed E-state index contributed by atoms with van der Waals surface area (Å²) in [5.41, 5.74) is 6.74. The fraction of sp³-hybridized carbons (Fsp3) is 0.0769. The summed E-state index contributed by atoms with van der Waals surface area (Å²) in [7, 11) is 0. The molecule has 0 radical (unpaired) electrons. The van der Waals surface area contributed by atoms with Crippen LogP contribution in [0.4, 0.5) is 5.69 Å². The number of nitrogens with one attached hydrogen (secondary N) is 1. The Morgan fingerprint density at radius 1 is 1.32 bits per heavy atom. The minimum Gasteiger partial charge on any atom is -0.366 e. The summed E-state index contributed by atoms with van der Waals surface area (Å²) >= 11 is 7.13. The molecular formula is C13H11ClN2O2S. The van der Waals surface area contributed by atoms with Crippen molar-refractivity contribution in [2.75, 3.05) is 5.32 Å². The van der Waals surface area contributed by atoms with Crippen molar-refractivity contribution in [1.29, 1.82) is 0 Å². The lowest BCUT2D eigenvalue weighted by atomic mass is 10.1. The molecular weight excluding hydrogens is 284 g/mol. The average molecular weight is 295 g/mol. The Labute approximate surface area is 119 Å². The number of carbonyl (C=O) groups is 2. The van der Waals surface area contributed by atoms with Gasteiger partial charge in [-0.25, -0.2) is 0 Å².